The third kappa shape index (κ3) is 5.55. The van der Waals surface area contributed by atoms with Crippen LogP contribution in [0.3, 0.4) is 0 Å². The molecule has 0 aliphatic carbocycles. The van der Waals surface area contributed by atoms with Gasteiger partial charge in [0, 0.05) is 11.8 Å². The molecule has 6 heteroatoms. The summed E-state index contributed by atoms with van der Waals surface area (Å²) in [6.07, 6.45) is 0.405. The van der Waals surface area contributed by atoms with Crippen LogP contribution in [0.15, 0.2) is 11.4 Å². The van der Waals surface area contributed by atoms with Crippen LogP contribution in [0.25, 0.3) is 0 Å². The van der Waals surface area contributed by atoms with Crippen molar-refractivity contribution in [2.24, 2.45) is 0 Å². The van der Waals surface area contributed by atoms with Crippen LogP contribution in [0.4, 0.5) is 0 Å². The molecule has 0 unspecified atom stereocenters. The Morgan fingerprint density at radius 3 is 3.00 bits per heavy atom. The molecule has 1 aromatic heterocycles. The third-order valence-corrected chi connectivity index (χ3v) is 2.85. The molecule has 1 rings (SSSR count). The van der Waals surface area contributed by atoms with Gasteiger partial charge in [0.1, 0.15) is 6.54 Å². The molecule has 0 fully saturated rings. The van der Waals surface area contributed by atoms with Crippen LogP contribution in [0, 0.1) is 11.8 Å². The fourth-order valence-electron chi connectivity index (χ4n) is 1.19. The molecule has 0 atom stereocenters. The van der Waals surface area contributed by atoms with Gasteiger partial charge in [-0.2, -0.15) is 0 Å². The Hall–Kier alpha value is -1.84. The van der Waals surface area contributed by atoms with E-state index in [1.807, 2.05) is 0 Å². The average Bonchev–Trinajstić information content (AvgIpc) is 2.85. The van der Waals surface area contributed by atoms with E-state index in [1.165, 1.54) is 11.3 Å². The van der Waals surface area contributed by atoms with Gasteiger partial charge in [-0.1, -0.05) is 11.8 Å². The van der Waals surface area contributed by atoms with Gasteiger partial charge in [0.15, 0.2) is 0 Å². The summed E-state index contributed by atoms with van der Waals surface area (Å²) in [4.78, 5) is 23.5. The topological polar surface area (TPSA) is 75.6 Å². The number of hydrogen-bond acceptors (Lipinski definition) is 5. The highest BCUT2D eigenvalue weighted by atomic mass is 32.1. The Balaban J connectivity index is 2.50. The number of thiophene rings is 1. The molecule has 1 heterocycles. The van der Waals surface area contributed by atoms with E-state index in [0.717, 1.165) is 4.88 Å². The molecule has 0 spiro atoms. The lowest BCUT2D eigenvalue weighted by Gasteiger charge is -2.02. The maximum Gasteiger partial charge on any atom is 0.325 e. The number of aliphatic hydroxyl groups excluding tert-OH is 1. The first-order valence-corrected chi connectivity index (χ1v) is 6.67. The van der Waals surface area contributed by atoms with Crippen molar-refractivity contribution in [1.29, 1.82) is 0 Å². The van der Waals surface area contributed by atoms with Crippen molar-refractivity contribution in [3.63, 3.8) is 0 Å². The molecule has 0 saturated heterocycles. The van der Waals surface area contributed by atoms with E-state index in [-0.39, 0.29) is 25.7 Å². The highest BCUT2D eigenvalue weighted by Gasteiger charge is 2.10. The maximum absolute atomic E-state index is 11.7. The summed E-state index contributed by atoms with van der Waals surface area (Å²) in [6, 6.07) is 1.65. The molecule has 0 radical (unpaired) electrons. The third-order valence-electron chi connectivity index (χ3n) is 2.01. The van der Waals surface area contributed by atoms with Gasteiger partial charge in [-0.3, -0.25) is 9.59 Å². The van der Waals surface area contributed by atoms with E-state index >= 15 is 0 Å². The second kappa shape index (κ2) is 8.29. The Labute approximate surface area is 115 Å². The maximum atomic E-state index is 11.7. The first-order valence-electron chi connectivity index (χ1n) is 5.79. The number of esters is 1. The molecule has 102 valence electrons. The van der Waals surface area contributed by atoms with Gasteiger partial charge in [0.25, 0.3) is 5.91 Å². The monoisotopic (exact) mass is 281 g/mol. The van der Waals surface area contributed by atoms with Gasteiger partial charge >= 0.3 is 5.97 Å². The summed E-state index contributed by atoms with van der Waals surface area (Å²) >= 11 is 1.34. The van der Waals surface area contributed by atoms with Crippen molar-refractivity contribution >= 4 is 23.2 Å². The second-order valence-electron chi connectivity index (χ2n) is 3.46. The lowest BCUT2D eigenvalue weighted by molar-refractivity contribution is -0.141. The Morgan fingerprint density at radius 1 is 1.53 bits per heavy atom. The number of ether oxygens (including phenoxy) is 1. The molecule has 1 amide bonds. The highest BCUT2D eigenvalue weighted by molar-refractivity contribution is 7.10. The normalized spacial score (nSPS) is 9.37. The summed E-state index contributed by atoms with van der Waals surface area (Å²) in [6.45, 7) is 1.87. The average molecular weight is 281 g/mol. The second-order valence-corrected chi connectivity index (χ2v) is 4.37. The number of carbonyl (C=O) groups excluding carboxylic acids is 2. The van der Waals surface area contributed by atoms with Gasteiger partial charge in [0.05, 0.1) is 23.7 Å². The van der Waals surface area contributed by atoms with Gasteiger partial charge in [-0.25, -0.2) is 0 Å². The summed E-state index contributed by atoms with van der Waals surface area (Å²) in [5.74, 6) is 4.82. The van der Waals surface area contributed by atoms with Gasteiger partial charge in [0.2, 0.25) is 0 Å². The quantitative estimate of drug-likeness (QED) is 0.617. The number of amides is 1. The van der Waals surface area contributed by atoms with Crippen molar-refractivity contribution < 1.29 is 19.4 Å². The van der Waals surface area contributed by atoms with Crippen LogP contribution in [-0.2, 0) is 9.53 Å². The van der Waals surface area contributed by atoms with Crippen molar-refractivity contribution in [3.8, 4) is 11.8 Å². The van der Waals surface area contributed by atoms with Crippen molar-refractivity contribution in [2.45, 2.75) is 13.3 Å². The molecule has 0 bridgehead atoms. The number of nitrogens with one attached hydrogen (secondary N) is 1. The van der Waals surface area contributed by atoms with Crippen molar-refractivity contribution in [1.82, 2.24) is 5.32 Å². The van der Waals surface area contributed by atoms with E-state index in [4.69, 9.17) is 9.84 Å². The molecular weight excluding hydrogens is 266 g/mol. The van der Waals surface area contributed by atoms with Crippen molar-refractivity contribution in [2.75, 3.05) is 19.8 Å². The molecule has 0 aromatic carbocycles. The summed E-state index contributed by atoms with van der Waals surface area (Å²) < 4.78 is 4.70. The Bertz CT molecular complexity index is 498. The zero-order valence-electron chi connectivity index (χ0n) is 10.6. The predicted octanol–water partition coefficient (Wildman–Crippen LogP) is 0.775. The van der Waals surface area contributed by atoms with Crippen molar-refractivity contribution in [3.05, 3.63) is 21.9 Å². The largest absolute Gasteiger partial charge is 0.465 e. The first-order chi connectivity index (χ1) is 9.17. The molecule has 0 saturated carbocycles. The van der Waals surface area contributed by atoms with E-state index in [9.17, 15) is 9.59 Å². The smallest absolute Gasteiger partial charge is 0.325 e. The zero-order chi connectivity index (χ0) is 14.1. The lowest BCUT2D eigenvalue weighted by atomic mass is 10.3. The van der Waals surface area contributed by atoms with E-state index in [2.05, 4.69) is 17.2 Å². The molecule has 1 aromatic rings. The number of rotatable bonds is 5. The van der Waals surface area contributed by atoms with Gasteiger partial charge in [-0.05, 0) is 13.0 Å². The van der Waals surface area contributed by atoms with Crippen LogP contribution in [0.1, 0.15) is 28.6 Å². The SMILES string of the molecule is CCOC(=O)CNC(=O)c1csc(C#CCCO)c1. The first kappa shape index (κ1) is 15.2. The fraction of sp³-hybridized carbons (Fsp3) is 0.385. The predicted molar refractivity (Wildman–Crippen MR) is 71.9 cm³/mol. The molecule has 5 nitrogen and oxygen atoms in total. The van der Waals surface area contributed by atoms with Crippen LogP contribution in [0.2, 0.25) is 0 Å². The summed E-state index contributed by atoms with van der Waals surface area (Å²) in [7, 11) is 0. The minimum Gasteiger partial charge on any atom is -0.465 e. The summed E-state index contributed by atoms with van der Waals surface area (Å²) in [5.41, 5.74) is 0.461. The van der Waals surface area contributed by atoms with Gasteiger partial charge < -0.3 is 15.2 Å². The van der Waals surface area contributed by atoms with E-state index in [0.29, 0.717) is 12.0 Å². The minimum atomic E-state index is -0.464. The lowest BCUT2D eigenvalue weighted by Crippen LogP contribution is -2.30. The fourth-order valence-corrected chi connectivity index (χ4v) is 1.95. The van der Waals surface area contributed by atoms with E-state index in [1.54, 1.807) is 18.4 Å². The van der Waals surface area contributed by atoms with Crippen LogP contribution < -0.4 is 5.32 Å². The minimum absolute atomic E-state index is 0.0191. The van der Waals surface area contributed by atoms with Crippen LogP contribution in [0.5, 0.6) is 0 Å². The Kier molecular flexibility index (Phi) is 6.64. The Morgan fingerprint density at radius 2 is 2.32 bits per heavy atom. The standard InChI is InChI=1S/C13H15NO4S/c1-2-18-12(16)8-14-13(17)10-7-11(19-9-10)5-3-4-6-15/h7,9,15H,2,4,6,8H2,1H3,(H,14,17). The molecule has 0 aliphatic rings. The van der Waals surface area contributed by atoms with Crippen LogP contribution >= 0.6 is 11.3 Å². The zero-order valence-corrected chi connectivity index (χ0v) is 11.4. The molecule has 2 N–H and O–H groups in total. The van der Waals surface area contributed by atoms with E-state index < -0.39 is 5.97 Å². The number of carbonyl (C=O) groups is 2. The molecular formula is C13H15NO4S. The molecule has 19 heavy (non-hydrogen) atoms. The number of hydrogen-bond donors (Lipinski definition) is 2. The highest BCUT2D eigenvalue weighted by Crippen LogP contribution is 2.13. The van der Waals surface area contributed by atoms with Gasteiger partial charge in [-0.15, -0.1) is 11.3 Å². The molecule has 0 aliphatic heterocycles. The summed E-state index contributed by atoms with van der Waals surface area (Å²) in [5, 5.41) is 12.7. The number of aliphatic hydroxyl groups is 1. The van der Waals surface area contributed by atoms with Crippen LogP contribution in [-0.4, -0.2) is 36.7 Å².